The highest BCUT2D eigenvalue weighted by molar-refractivity contribution is 7.80. The molecule has 2 rings (SSSR count). The number of carbonyl (C=O) groups excluding carboxylic acids is 1. The van der Waals surface area contributed by atoms with Gasteiger partial charge in [-0.1, -0.05) is 44.2 Å². The van der Waals surface area contributed by atoms with Crippen molar-refractivity contribution in [2.45, 2.75) is 46.3 Å². The normalized spacial score (nSPS) is 12.4. The second-order valence-corrected chi connectivity index (χ2v) is 7.99. The molecule has 1 amide bonds. The number of amides is 1. The van der Waals surface area contributed by atoms with Crippen LogP contribution in [0.3, 0.4) is 0 Å². The molecule has 0 spiro atoms. The molecule has 0 fully saturated rings. The van der Waals surface area contributed by atoms with Crippen LogP contribution in [0.5, 0.6) is 0 Å². The monoisotopic (exact) mass is 437 g/mol. The highest BCUT2D eigenvalue weighted by atomic mass is 32.1. The van der Waals surface area contributed by atoms with Crippen LogP contribution in [0, 0.1) is 19.8 Å². The first-order valence-corrected chi connectivity index (χ1v) is 10.0. The Balaban J connectivity index is 2.17. The van der Waals surface area contributed by atoms with E-state index in [0.29, 0.717) is 6.42 Å². The summed E-state index contributed by atoms with van der Waals surface area (Å²) in [6.45, 7) is 7.70. The molecule has 0 saturated heterocycles. The van der Waals surface area contributed by atoms with Gasteiger partial charge in [0.1, 0.15) is 6.04 Å². The van der Waals surface area contributed by atoms with Crippen LogP contribution in [0.15, 0.2) is 42.5 Å². The Morgan fingerprint density at radius 3 is 2.17 bits per heavy atom. The van der Waals surface area contributed by atoms with Crippen molar-refractivity contribution in [2.24, 2.45) is 5.92 Å². The fourth-order valence-corrected chi connectivity index (χ4v) is 3.33. The molecule has 0 aliphatic heterocycles. The molecule has 0 radical (unpaired) electrons. The van der Waals surface area contributed by atoms with Gasteiger partial charge in [0.2, 0.25) is 5.91 Å². The third-order valence-electron chi connectivity index (χ3n) is 4.54. The number of anilines is 2. The van der Waals surface area contributed by atoms with E-state index in [1.165, 1.54) is 18.2 Å². The molecule has 4 nitrogen and oxygen atoms in total. The van der Waals surface area contributed by atoms with Gasteiger partial charge < -0.3 is 16.0 Å². The molecule has 1 atom stereocenters. The van der Waals surface area contributed by atoms with E-state index in [2.05, 4.69) is 16.0 Å². The summed E-state index contributed by atoms with van der Waals surface area (Å²) in [5.74, 6) is -0.133. The topological polar surface area (TPSA) is 53.2 Å². The third kappa shape index (κ3) is 6.45. The number of halogens is 3. The molecule has 0 bridgehead atoms. The minimum atomic E-state index is -4.52. The fourth-order valence-electron chi connectivity index (χ4n) is 3.08. The van der Waals surface area contributed by atoms with E-state index in [1.54, 1.807) is 0 Å². The van der Waals surface area contributed by atoms with E-state index >= 15 is 0 Å². The van der Waals surface area contributed by atoms with E-state index in [-0.39, 0.29) is 22.6 Å². The SMILES string of the molecule is Cc1cccc(C)c1NC(=O)C(CC(C)C)NC(=S)Nc1ccccc1C(F)(F)F. The standard InChI is InChI=1S/C22H26F3N3OS/c1-13(2)12-18(20(29)28-19-14(3)8-7-9-15(19)4)27-21(30)26-17-11-6-5-10-16(17)22(23,24)25/h5-11,13,18H,12H2,1-4H3,(H,28,29)(H2,26,27,30). The second-order valence-electron chi connectivity index (χ2n) is 7.58. The van der Waals surface area contributed by atoms with Gasteiger partial charge in [-0.05, 0) is 61.7 Å². The molecule has 0 heterocycles. The van der Waals surface area contributed by atoms with Crippen molar-refractivity contribution in [1.29, 1.82) is 0 Å². The lowest BCUT2D eigenvalue weighted by molar-refractivity contribution is -0.136. The van der Waals surface area contributed by atoms with Gasteiger partial charge in [-0.25, -0.2) is 0 Å². The van der Waals surface area contributed by atoms with Crippen molar-refractivity contribution in [3.8, 4) is 0 Å². The number of carbonyl (C=O) groups is 1. The molecular weight excluding hydrogens is 411 g/mol. The molecule has 0 aromatic heterocycles. The number of aryl methyl sites for hydroxylation is 2. The van der Waals surface area contributed by atoms with E-state index in [9.17, 15) is 18.0 Å². The maximum absolute atomic E-state index is 13.2. The number of hydrogen-bond acceptors (Lipinski definition) is 2. The quantitative estimate of drug-likeness (QED) is 0.510. The second kappa shape index (κ2) is 9.93. The first-order chi connectivity index (χ1) is 14.0. The van der Waals surface area contributed by atoms with Crippen molar-refractivity contribution in [2.75, 3.05) is 10.6 Å². The Kier molecular flexibility index (Phi) is 7.83. The van der Waals surface area contributed by atoms with Crippen molar-refractivity contribution >= 4 is 34.6 Å². The summed E-state index contributed by atoms with van der Waals surface area (Å²) in [4.78, 5) is 12.9. The van der Waals surface area contributed by atoms with Crippen molar-refractivity contribution in [3.63, 3.8) is 0 Å². The summed E-state index contributed by atoms with van der Waals surface area (Å²) in [5.41, 5.74) is 1.58. The van der Waals surface area contributed by atoms with Gasteiger partial charge in [-0.3, -0.25) is 4.79 Å². The summed E-state index contributed by atoms with van der Waals surface area (Å²) in [7, 11) is 0. The van der Waals surface area contributed by atoms with Crippen LogP contribution in [0.2, 0.25) is 0 Å². The molecular formula is C22H26F3N3OS. The van der Waals surface area contributed by atoms with Crippen molar-refractivity contribution in [3.05, 3.63) is 59.2 Å². The molecule has 2 aromatic carbocycles. The van der Waals surface area contributed by atoms with Gasteiger partial charge >= 0.3 is 6.18 Å². The van der Waals surface area contributed by atoms with Gasteiger partial charge in [0, 0.05) is 5.69 Å². The van der Waals surface area contributed by atoms with Crippen LogP contribution < -0.4 is 16.0 Å². The number of para-hydroxylation sites is 2. The van der Waals surface area contributed by atoms with Crippen molar-refractivity contribution < 1.29 is 18.0 Å². The molecule has 0 saturated carbocycles. The van der Waals surface area contributed by atoms with E-state index in [0.717, 1.165) is 22.9 Å². The Labute approximate surface area is 180 Å². The molecule has 8 heteroatoms. The maximum Gasteiger partial charge on any atom is 0.418 e. The van der Waals surface area contributed by atoms with Crippen LogP contribution in [0.25, 0.3) is 0 Å². The summed E-state index contributed by atoms with van der Waals surface area (Å²) in [6.07, 6.45) is -4.06. The van der Waals surface area contributed by atoms with Gasteiger partial charge in [-0.15, -0.1) is 0 Å². The lowest BCUT2D eigenvalue weighted by Gasteiger charge is -2.23. The Bertz CT molecular complexity index is 892. The molecule has 30 heavy (non-hydrogen) atoms. The number of hydrogen-bond donors (Lipinski definition) is 3. The summed E-state index contributed by atoms with van der Waals surface area (Å²) in [5, 5.41) is 8.33. The number of rotatable bonds is 6. The van der Waals surface area contributed by atoms with Crippen LogP contribution >= 0.6 is 12.2 Å². The van der Waals surface area contributed by atoms with Crippen LogP contribution in [-0.4, -0.2) is 17.1 Å². The Morgan fingerprint density at radius 1 is 1.00 bits per heavy atom. The van der Waals surface area contributed by atoms with Gasteiger partial charge in [0.15, 0.2) is 5.11 Å². The van der Waals surface area contributed by atoms with Crippen LogP contribution in [0.1, 0.15) is 37.0 Å². The molecule has 3 N–H and O–H groups in total. The average molecular weight is 438 g/mol. The first kappa shape index (κ1) is 23.7. The zero-order valence-corrected chi connectivity index (χ0v) is 18.2. The van der Waals surface area contributed by atoms with Gasteiger partial charge in [-0.2, -0.15) is 13.2 Å². The number of nitrogens with one attached hydrogen (secondary N) is 3. The maximum atomic E-state index is 13.2. The number of thiocarbonyl (C=S) groups is 1. The summed E-state index contributed by atoms with van der Waals surface area (Å²) >= 11 is 5.21. The molecule has 0 aliphatic carbocycles. The Morgan fingerprint density at radius 2 is 1.60 bits per heavy atom. The summed E-state index contributed by atoms with van der Waals surface area (Å²) < 4.78 is 39.6. The first-order valence-electron chi connectivity index (χ1n) is 9.60. The minimum Gasteiger partial charge on any atom is -0.351 e. The molecule has 2 aromatic rings. The lowest BCUT2D eigenvalue weighted by atomic mass is 10.0. The van der Waals surface area contributed by atoms with Gasteiger partial charge in [0.25, 0.3) is 0 Å². The lowest BCUT2D eigenvalue weighted by Crippen LogP contribution is -2.46. The zero-order chi connectivity index (χ0) is 22.5. The summed E-state index contributed by atoms with van der Waals surface area (Å²) in [6, 6.07) is 10.1. The molecule has 0 aliphatic rings. The van der Waals surface area contributed by atoms with E-state index in [1.807, 2.05) is 45.9 Å². The highest BCUT2D eigenvalue weighted by Gasteiger charge is 2.33. The largest absolute Gasteiger partial charge is 0.418 e. The fraction of sp³-hybridized carbons (Fsp3) is 0.364. The zero-order valence-electron chi connectivity index (χ0n) is 17.4. The van der Waals surface area contributed by atoms with E-state index < -0.39 is 17.8 Å². The van der Waals surface area contributed by atoms with E-state index in [4.69, 9.17) is 12.2 Å². The number of benzene rings is 2. The van der Waals surface area contributed by atoms with Crippen LogP contribution in [0.4, 0.5) is 24.5 Å². The Hall–Kier alpha value is -2.61. The van der Waals surface area contributed by atoms with Crippen molar-refractivity contribution in [1.82, 2.24) is 5.32 Å². The minimum absolute atomic E-state index is 0.0472. The predicted octanol–water partition coefficient (Wildman–Crippen LogP) is 5.66. The average Bonchev–Trinajstić information content (AvgIpc) is 2.63. The molecule has 1 unspecified atom stereocenters. The van der Waals surface area contributed by atoms with Gasteiger partial charge in [0.05, 0.1) is 11.3 Å². The molecule has 162 valence electrons. The predicted molar refractivity (Wildman–Crippen MR) is 119 cm³/mol. The number of alkyl halides is 3. The van der Waals surface area contributed by atoms with Crippen LogP contribution in [-0.2, 0) is 11.0 Å². The third-order valence-corrected chi connectivity index (χ3v) is 4.76. The highest BCUT2D eigenvalue weighted by Crippen LogP contribution is 2.34. The smallest absolute Gasteiger partial charge is 0.351 e.